The molecule has 80 valence electrons. The number of methoxy groups -OCH3 is 1. The summed E-state index contributed by atoms with van der Waals surface area (Å²) in [6.07, 6.45) is 5.45. The largest absolute Gasteiger partial charge is 0.481 e. The zero-order valence-corrected chi connectivity index (χ0v) is 8.86. The van der Waals surface area contributed by atoms with Gasteiger partial charge in [0.1, 0.15) is 0 Å². The summed E-state index contributed by atoms with van der Waals surface area (Å²) in [4.78, 5) is 14.6. The second-order valence-corrected chi connectivity index (χ2v) is 2.97. The third kappa shape index (κ3) is 4.26. The van der Waals surface area contributed by atoms with Crippen molar-refractivity contribution >= 4 is 12.0 Å². The summed E-state index contributed by atoms with van der Waals surface area (Å²) in [5.74, 6) is 0.545. The molecule has 0 atom stereocenters. The van der Waals surface area contributed by atoms with Crippen molar-refractivity contribution in [3.8, 4) is 5.88 Å². The summed E-state index contributed by atoms with van der Waals surface area (Å²) < 4.78 is 4.98. The Labute approximate surface area is 89.0 Å². The zero-order valence-electron chi connectivity index (χ0n) is 8.86. The molecule has 0 aromatic carbocycles. The van der Waals surface area contributed by atoms with Crippen molar-refractivity contribution in [3.63, 3.8) is 0 Å². The highest BCUT2D eigenvalue weighted by Gasteiger charge is 1.92. The molecule has 0 aliphatic rings. The maximum Gasteiger partial charge on any atom is 0.217 e. The maximum absolute atomic E-state index is 10.6. The van der Waals surface area contributed by atoms with Gasteiger partial charge >= 0.3 is 0 Å². The first kappa shape index (κ1) is 11.2. The molecule has 0 aliphatic heterocycles. The van der Waals surface area contributed by atoms with E-state index < -0.39 is 0 Å². The van der Waals surface area contributed by atoms with Gasteiger partial charge in [-0.15, -0.1) is 0 Å². The number of rotatable bonds is 4. The summed E-state index contributed by atoms with van der Waals surface area (Å²) in [7, 11) is 1.58. The Balaban J connectivity index is 2.52. The minimum Gasteiger partial charge on any atom is -0.481 e. The predicted molar refractivity (Wildman–Crippen MR) is 58.5 cm³/mol. The molecule has 0 bridgehead atoms. The molecular weight excluding hydrogens is 192 g/mol. The average Bonchev–Trinajstić information content (AvgIpc) is 2.24. The van der Waals surface area contributed by atoms with E-state index in [0.717, 1.165) is 5.56 Å². The van der Waals surface area contributed by atoms with Crippen molar-refractivity contribution < 1.29 is 9.53 Å². The summed E-state index contributed by atoms with van der Waals surface area (Å²) in [6, 6.07) is 3.69. The Bertz CT molecular complexity index is 361. The second-order valence-electron chi connectivity index (χ2n) is 2.97. The third-order valence-corrected chi connectivity index (χ3v) is 1.75. The first-order chi connectivity index (χ1) is 7.22. The summed E-state index contributed by atoms with van der Waals surface area (Å²) >= 11 is 0. The fourth-order valence-electron chi connectivity index (χ4n) is 1.04. The highest BCUT2D eigenvalue weighted by Crippen LogP contribution is 2.09. The van der Waals surface area contributed by atoms with Gasteiger partial charge in [-0.3, -0.25) is 4.79 Å². The van der Waals surface area contributed by atoms with Crippen molar-refractivity contribution in [2.45, 2.75) is 6.92 Å². The van der Waals surface area contributed by atoms with Crippen LogP contribution in [0.5, 0.6) is 5.88 Å². The van der Waals surface area contributed by atoms with Gasteiger partial charge in [0, 0.05) is 25.7 Å². The molecule has 4 heteroatoms. The van der Waals surface area contributed by atoms with Crippen molar-refractivity contribution in [2.75, 3.05) is 13.7 Å². The number of nitrogens with zero attached hydrogens (tertiary/aromatic N) is 1. The van der Waals surface area contributed by atoms with Crippen LogP contribution >= 0.6 is 0 Å². The summed E-state index contributed by atoms with van der Waals surface area (Å²) in [5, 5.41) is 2.67. The molecule has 15 heavy (non-hydrogen) atoms. The number of pyridine rings is 1. The fraction of sp³-hybridized carbons (Fsp3) is 0.273. The Kier molecular flexibility index (Phi) is 4.34. The smallest absolute Gasteiger partial charge is 0.217 e. The second kappa shape index (κ2) is 5.80. The lowest BCUT2D eigenvalue weighted by Gasteiger charge is -1.99. The number of hydrogen-bond donors (Lipinski definition) is 1. The van der Waals surface area contributed by atoms with Gasteiger partial charge in [0.2, 0.25) is 11.8 Å². The average molecular weight is 206 g/mol. The molecule has 0 aliphatic carbocycles. The Morgan fingerprint density at radius 2 is 2.47 bits per heavy atom. The maximum atomic E-state index is 10.6. The number of ether oxygens (including phenoxy) is 1. The Morgan fingerprint density at radius 1 is 1.67 bits per heavy atom. The molecule has 1 heterocycles. The van der Waals surface area contributed by atoms with Crippen LogP contribution in [-0.2, 0) is 4.79 Å². The number of aromatic nitrogens is 1. The summed E-state index contributed by atoms with van der Waals surface area (Å²) in [6.45, 7) is 2.02. The van der Waals surface area contributed by atoms with E-state index >= 15 is 0 Å². The van der Waals surface area contributed by atoms with Crippen LogP contribution in [0.4, 0.5) is 0 Å². The quantitative estimate of drug-likeness (QED) is 0.806. The van der Waals surface area contributed by atoms with E-state index in [1.165, 1.54) is 6.92 Å². The van der Waals surface area contributed by atoms with Crippen LogP contribution in [0.2, 0.25) is 0 Å². The lowest BCUT2D eigenvalue weighted by Crippen LogP contribution is -2.19. The van der Waals surface area contributed by atoms with Crippen LogP contribution < -0.4 is 10.1 Å². The van der Waals surface area contributed by atoms with E-state index in [0.29, 0.717) is 12.4 Å². The Morgan fingerprint density at radius 3 is 3.13 bits per heavy atom. The molecule has 1 aromatic rings. The van der Waals surface area contributed by atoms with E-state index in [9.17, 15) is 4.79 Å². The lowest BCUT2D eigenvalue weighted by molar-refractivity contribution is -0.118. The van der Waals surface area contributed by atoms with Gasteiger partial charge in [-0.05, 0) is 11.6 Å². The molecule has 0 fully saturated rings. The molecule has 1 aromatic heterocycles. The van der Waals surface area contributed by atoms with Gasteiger partial charge < -0.3 is 10.1 Å². The van der Waals surface area contributed by atoms with Crippen molar-refractivity contribution in [3.05, 3.63) is 30.0 Å². The van der Waals surface area contributed by atoms with E-state index in [1.54, 1.807) is 13.3 Å². The van der Waals surface area contributed by atoms with Crippen LogP contribution in [0.3, 0.4) is 0 Å². The van der Waals surface area contributed by atoms with Gasteiger partial charge in [0.15, 0.2) is 0 Å². The molecule has 0 saturated carbocycles. The fourth-order valence-corrected chi connectivity index (χ4v) is 1.04. The van der Waals surface area contributed by atoms with Gasteiger partial charge in [0.25, 0.3) is 0 Å². The van der Waals surface area contributed by atoms with E-state index in [4.69, 9.17) is 4.74 Å². The molecule has 0 spiro atoms. The number of hydrogen-bond acceptors (Lipinski definition) is 3. The first-order valence-electron chi connectivity index (χ1n) is 4.63. The summed E-state index contributed by atoms with van der Waals surface area (Å²) in [5.41, 5.74) is 0.993. The van der Waals surface area contributed by atoms with Crippen LogP contribution in [0, 0.1) is 0 Å². The molecule has 0 radical (unpaired) electrons. The van der Waals surface area contributed by atoms with Crippen LogP contribution in [0.25, 0.3) is 6.08 Å². The SMILES string of the molecule is COc1cc(C=CCNC(C)=O)ccn1. The molecular formula is C11H14N2O2. The van der Waals surface area contributed by atoms with E-state index in [2.05, 4.69) is 10.3 Å². The topological polar surface area (TPSA) is 51.2 Å². The molecule has 0 unspecified atom stereocenters. The third-order valence-electron chi connectivity index (χ3n) is 1.75. The van der Waals surface area contributed by atoms with E-state index in [1.807, 2.05) is 24.3 Å². The number of carbonyl (C=O) groups is 1. The van der Waals surface area contributed by atoms with Gasteiger partial charge in [-0.25, -0.2) is 4.98 Å². The number of amides is 1. The van der Waals surface area contributed by atoms with Gasteiger partial charge in [0.05, 0.1) is 7.11 Å². The zero-order chi connectivity index (χ0) is 11.1. The first-order valence-corrected chi connectivity index (χ1v) is 4.63. The van der Waals surface area contributed by atoms with E-state index in [-0.39, 0.29) is 5.91 Å². The molecule has 1 amide bonds. The highest BCUT2D eigenvalue weighted by atomic mass is 16.5. The minimum absolute atomic E-state index is 0.0352. The van der Waals surface area contributed by atoms with Crippen molar-refractivity contribution in [1.82, 2.24) is 10.3 Å². The number of carbonyl (C=O) groups excluding carboxylic acids is 1. The lowest BCUT2D eigenvalue weighted by atomic mass is 10.2. The molecule has 1 N–H and O–H groups in total. The Hall–Kier alpha value is -1.84. The van der Waals surface area contributed by atoms with Crippen LogP contribution in [0.15, 0.2) is 24.4 Å². The highest BCUT2D eigenvalue weighted by molar-refractivity contribution is 5.73. The molecule has 4 nitrogen and oxygen atoms in total. The monoisotopic (exact) mass is 206 g/mol. The number of nitrogens with one attached hydrogen (secondary N) is 1. The van der Waals surface area contributed by atoms with Gasteiger partial charge in [-0.2, -0.15) is 0 Å². The minimum atomic E-state index is -0.0352. The standard InChI is InChI=1S/C11H14N2O2/c1-9(14)12-6-3-4-10-5-7-13-11(8-10)15-2/h3-5,7-8H,6H2,1-2H3,(H,12,14). The normalized spacial score (nSPS) is 10.3. The van der Waals surface area contributed by atoms with Gasteiger partial charge in [-0.1, -0.05) is 12.2 Å². The van der Waals surface area contributed by atoms with Crippen molar-refractivity contribution in [1.29, 1.82) is 0 Å². The molecule has 1 rings (SSSR count). The van der Waals surface area contributed by atoms with Crippen LogP contribution in [0.1, 0.15) is 12.5 Å². The van der Waals surface area contributed by atoms with Crippen LogP contribution in [-0.4, -0.2) is 24.5 Å². The molecule has 0 saturated heterocycles. The predicted octanol–water partition coefficient (Wildman–Crippen LogP) is 1.24. The van der Waals surface area contributed by atoms with Crippen molar-refractivity contribution in [2.24, 2.45) is 0 Å².